The minimum Gasteiger partial charge on any atom is -0.390 e. The number of aliphatic hydroxyl groups is 2. The summed E-state index contributed by atoms with van der Waals surface area (Å²) in [7, 11) is 0. The molecule has 1 aromatic carbocycles. The molecule has 0 unspecified atom stereocenters. The Morgan fingerprint density at radius 2 is 1.95 bits per heavy atom. The standard InChI is InChI=1S/C16H24O3/c1-3-4-10-14(17)16(2,19)15(18)12-11-13-8-6-5-7-9-13/h5-9,15,18-19H,3-4,10-12H2,1-2H3/t15-,16-/m1/s1. The van der Waals surface area contributed by atoms with Gasteiger partial charge in [-0.2, -0.15) is 0 Å². The highest BCUT2D eigenvalue weighted by molar-refractivity contribution is 5.87. The predicted molar refractivity (Wildman–Crippen MR) is 75.9 cm³/mol. The molecule has 0 aliphatic rings. The molecule has 0 amide bonds. The van der Waals surface area contributed by atoms with E-state index in [-0.39, 0.29) is 5.78 Å². The Morgan fingerprint density at radius 1 is 1.32 bits per heavy atom. The third kappa shape index (κ3) is 4.77. The van der Waals surface area contributed by atoms with Gasteiger partial charge in [0.1, 0.15) is 5.60 Å². The second-order valence-corrected chi connectivity index (χ2v) is 5.21. The van der Waals surface area contributed by atoms with Gasteiger partial charge < -0.3 is 10.2 Å². The van der Waals surface area contributed by atoms with Crippen LogP contribution in [-0.4, -0.2) is 27.7 Å². The molecule has 0 aliphatic heterocycles. The monoisotopic (exact) mass is 264 g/mol. The van der Waals surface area contributed by atoms with Crippen molar-refractivity contribution in [2.75, 3.05) is 0 Å². The number of hydrogen-bond acceptors (Lipinski definition) is 3. The van der Waals surface area contributed by atoms with Gasteiger partial charge >= 0.3 is 0 Å². The lowest BCUT2D eigenvalue weighted by atomic mass is 9.87. The van der Waals surface area contributed by atoms with Gasteiger partial charge in [-0.15, -0.1) is 0 Å². The van der Waals surface area contributed by atoms with Crippen LogP contribution in [0.15, 0.2) is 30.3 Å². The summed E-state index contributed by atoms with van der Waals surface area (Å²) in [5, 5.41) is 20.2. The van der Waals surface area contributed by atoms with Crippen LogP contribution < -0.4 is 0 Å². The molecule has 2 atom stereocenters. The summed E-state index contributed by atoms with van der Waals surface area (Å²) in [6.45, 7) is 3.41. The van der Waals surface area contributed by atoms with Crippen LogP contribution in [0.5, 0.6) is 0 Å². The van der Waals surface area contributed by atoms with Crippen molar-refractivity contribution in [3.8, 4) is 0 Å². The maximum absolute atomic E-state index is 11.9. The average molecular weight is 264 g/mol. The van der Waals surface area contributed by atoms with Gasteiger partial charge in [0, 0.05) is 6.42 Å². The largest absolute Gasteiger partial charge is 0.390 e. The number of carbonyl (C=O) groups is 1. The lowest BCUT2D eigenvalue weighted by Crippen LogP contribution is -2.47. The van der Waals surface area contributed by atoms with Gasteiger partial charge in [0.05, 0.1) is 6.10 Å². The Morgan fingerprint density at radius 3 is 2.53 bits per heavy atom. The van der Waals surface area contributed by atoms with Crippen molar-refractivity contribution in [2.24, 2.45) is 0 Å². The third-order valence-electron chi connectivity index (χ3n) is 3.52. The van der Waals surface area contributed by atoms with Crippen LogP contribution in [0.2, 0.25) is 0 Å². The zero-order valence-corrected chi connectivity index (χ0v) is 11.8. The van der Waals surface area contributed by atoms with Crippen LogP contribution >= 0.6 is 0 Å². The first-order chi connectivity index (χ1) is 8.98. The normalized spacial score (nSPS) is 15.8. The molecular formula is C16H24O3. The van der Waals surface area contributed by atoms with E-state index in [9.17, 15) is 15.0 Å². The highest BCUT2D eigenvalue weighted by atomic mass is 16.3. The van der Waals surface area contributed by atoms with E-state index < -0.39 is 11.7 Å². The number of aliphatic hydroxyl groups excluding tert-OH is 1. The number of ketones is 1. The molecule has 3 nitrogen and oxygen atoms in total. The van der Waals surface area contributed by atoms with E-state index in [0.717, 1.165) is 18.4 Å². The zero-order valence-electron chi connectivity index (χ0n) is 11.8. The van der Waals surface area contributed by atoms with Crippen LogP contribution in [0.1, 0.15) is 45.1 Å². The van der Waals surface area contributed by atoms with Gasteiger partial charge in [-0.05, 0) is 31.7 Å². The Bertz CT molecular complexity index is 384. The van der Waals surface area contributed by atoms with Crippen LogP contribution in [0.3, 0.4) is 0 Å². The third-order valence-corrected chi connectivity index (χ3v) is 3.52. The molecule has 0 spiro atoms. The Labute approximate surface area is 115 Å². The van der Waals surface area contributed by atoms with Crippen LogP contribution in [-0.2, 0) is 11.2 Å². The van der Waals surface area contributed by atoms with E-state index in [0.29, 0.717) is 19.3 Å². The van der Waals surface area contributed by atoms with E-state index in [2.05, 4.69) is 0 Å². The SMILES string of the molecule is CCCCC(=O)[C@@](C)(O)[C@H](O)CCc1ccccc1. The summed E-state index contributed by atoms with van der Waals surface area (Å²) in [6.07, 6.45) is 2.00. The maximum Gasteiger partial charge on any atom is 0.166 e. The highest BCUT2D eigenvalue weighted by Gasteiger charge is 2.36. The summed E-state index contributed by atoms with van der Waals surface area (Å²) >= 11 is 0. The smallest absolute Gasteiger partial charge is 0.166 e. The van der Waals surface area contributed by atoms with Gasteiger partial charge in [-0.25, -0.2) is 0 Å². The molecule has 19 heavy (non-hydrogen) atoms. The van der Waals surface area contributed by atoms with Crippen LogP contribution in [0, 0.1) is 0 Å². The first-order valence-corrected chi connectivity index (χ1v) is 6.96. The molecule has 0 aromatic heterocycles. The minimum absolute atomic E-state index is 0.269. The van der Waals surface area contributed by atoms with E-state index in [1.807, 2.05) is 37.3 Å². The number of hydrogen-bond donors (Lipinski definition) is 2. The Balaban J connectivity index is 2.51. The lowest BCUT2D eigenvalue weighted by Gasteiger charge is -2.27. The quantitative estimate of drug-likeness (QED) is 0.758. The maximum atomic E-state index is 11.9. The van der Waals surface area contributed by atoms with Gasteiger partial charge in [0.15, 0.2) is 5.78 Å². The molecule has 2 N–H and O–H groups in total. The predicted octanol–water partition coefficient (Wildman–Crippen LogP) is 2.49. The fraction of sp³-hybridized carbons (Fsp3) is 0.562. The molecule has 0 aliphatic carbocycles. The van der Waals surface area contributed by atoms with Gasteiger partial charge in [0.25, 0.3) is 0 Å². The summed E-state index contributed by atoms with van der Waals surface area (Å²) in [6, 6.07) is 9.75. The molecule has 0 heterocycles. The molecule has 3 heteroatoms. The van der Waals surface area contributed by atoms with Crippen molar-refractivity contribution in [3.05, 3.63) is 35.9 Å². The number of benzene rings is 1. The molecule has 1 aromatic rings. The fourth-order valence-electron chi connectivity index (χ4n) is 2.01. The van der Waals surface area contributed by atoms with E-state index >= 15 is 0 Å². The van der Waals surface area contributed by atoms with Gasteiger partial charge in [0.2, 0.25) is 0 Å². The van der Waals surface area contributed by atoms with Crippen molar-refractivity contribution in [1.29, 1.82) is 0 Å². The molecule has 106 valence electrons. The second kappa shape index (κ2) is 7.41. The van der Waals surface area contributed by atoms with E-state index in [1.165, 1.54) is 6.92 Å². The highest BCUT2D eigenvalue weighted by Crippen LogP contribution is 2.19. The average Bonchev–Trinajstić information content (AvgIpc) is 2.42. The molecule has 1 rings (SSSR count). The number of aryl methyl sites for hydroxylation is 1. The van der Waals surface area contributed by atoms with E-state index in [1.54, 1.807) is 0 Å². The first-order valence-electron chi connectivity index (χ1n) is 6.96. The van der Waals surface area contributed by atoms with Crippen LogP contribution in [0.25, 0.3) is 0 Å². The molecular weight excluding hydrogens is 240 g/mol. The number of Topliss-reactive ketones (excluding diaryl/α,β-unsaturated/α-hetero) is 1. The topological polar surface area (TPSA) is 57.5 Å². The molecule has 0 radical (unpaired) electrons. The van der Waals surface area contributed by atoms with Gasteiger partial charge in [-0.3, -0.25) is 4.79 Å². The summed E-state index contributed by atoms with van der Waals surface area (Å²) in [4.78, 5) is 11.9. The number of unbranched alkanes of at least 4 members (excludes halogenated alkanes) is 1. The number of rotatable bonds is 8. The van der Waals surface area contributed by atoms with Crippen molar-refractivity contribution in [2.45, 2.75) is 57.7 Å². The molecule has 0 saturated carbocycles. The fourth-order valence-corrected chi connectivity index (χ4v) is 2.01. The molecule has 0 saturated heterocycles. The van der Waals surface area contributed by atoms with Crippen molar-refractivity contribution in [3.63, 3.8) is 0 Å². The molecule has 0 bridgehead atoms. The first kappa shape index (κ1) is 15.9. The summed E-state index contributed by atoms with van der Waals surface area (Å²) < 4.78 is 0. The van der Waals surface area contributed by atoms with Crippen LogP contribution in [0.4, 0.5) is 0 Å². The number of carbonyl (C=O) groups excluding carboxylic acids is 1. The molecule has 0 fully saturated rings. The van der Waals surface area contributed by atoms with Crippen molar-refractivity contribution in [1.82, 2.24) is 0 Å². The lowest BCUT2D eigenvalue weighted by molar-refractivity contribution is -0.148. The zero-order chi connectivity index (χ0) is 14.3. The van der Waals surface area contributed by atoms with Crippen molar-refractivity contribution >= 4 is 5.78 Å². The van der Waals surface area contributed by atoms with E-state index in [4.69, 9.17) is 0 Å². The Hall–Kier alpha value is -1.19. The summed E-state index contributed by atoms with van der Waals surface area (Å²) in [5.74, 6) is -0.269. The van der Waals surface area contributed by atoms with Crippen molar-refractivity contribution < 1.29 is 15.0 Å². The van der Waals surface area contributed by atoms with Gasteiger partial charge in [-0.1, -0.05) is 43.7 Å². The second-order valence-electron chi connectivity index (χ2n) is 5.21. The minimum atomic E-state index is -1.63. The Kier molecular flexibility index (Phi) is 6.19. The summed E-state index contributed by atoms with van der Waals surface area (Å²) in [5.41, 5.74) is -0.539.